The van der Waals surface area contributed by atoms with E-state index in [-0.39, 0.29) is 5.69 Å². The number of aromatic carboxylic acids is 1. The molecule has 0 radical (unpaired) electrons. The topological polar surface area (TPSA) is 67.5 Å². The summed E-state index contributed by atoms with van der Waals surface area (Å²) in [7, 11) is 0. The number of imidazole rings is 1. The molecule has 0 fully saturated rings. The highest BCUT2D eigenvalue weighted by Crippen LogP contribution is 2.24. The number of halogens is 1. The number of carbonyl (C=O) groups is 1. The number of aromatic nitrogens is 3. The fraction of sp³-hybridized carbons (Fsp3) is 0. The molecule has 0 unspecified atom stereocenters. The molecule has 19 heavy (non-hydrogen) atoms. The van der Waals surface area contributed by atoms with Crippen molar-refractivity contribution in [3.63, 3.8) is 0 Å². The van der Waals surface area contributed by atoms with Crippen LogP contribution in [0.5, 0.6) is 0 Å². The van der Waals surface area contributed by atoms with Gasteiger partial charge in [0, 0.05) is 28.6 Å². The Morgan fingerprint density at radius 2 is 1.95 bits per heavy atom. The maximum Gasteiger partial charge on any atom is 0.356 e. The number of carboxylic acids is 1. The fourth-order valence-electron chi connectivity index (χ4n) is 1.92. The summed E-state index contributed by atoms with van der Waals surface area (Å²) in [6.45, 7) is 0. The third-order valence-corrected chi connectivity index (χ3v) is 3.21. The average Bonchev–Trinajstić information content (AvgIpc) is 2.78. The maximum atomic E-state index is 11.2. The first kappa shape index (κ1) is 11.9. The van der Waals surface area contributed by atoms with Crippen molar-refractivity contribution >= 4 is 27.4 Å². The van der Waals surface area contributed by atoms with Gasteiger partial charge in [-0.15, -0.1) is 0 Å². The molecular formula is C13H8BrN3O2. The number of hydrogen-bond donors (Lipinski definition) is 1. The smallest absolute Gasteiger partial charge is 0.356 e. The third-order valence-electron chi connectivity index (χ3n) is 2.74. The first-order valence-corrected chi connectivity index (χ1v) is 6.27. The summed E-state index contributed by atoms with van der Waals surface area (Å²) in [5, 5.41) is 9.21. The summed E-state index contributed by atoms with van der Waals surface area (Å²) >= 11 is 3.38. The van der Waals surface area contributed by atoms with Crippen molar-refractivity contribution in [1.82, 2.24) is 14.4 Å². The van der Waals surface area contributed by atoms with Gasteiger partial charge in [-0.2, -0.15) is 0 Å². The largest absolute Gasteiger partial charge is 0.476 e. The van der Waals surface area contributed by atoms with Crippen LogP contribution in [0.2, 0.25) is 0 Å². The molecule has 0 saturated heterocycles. The monoisotopic (exact) mass is 317 g/mol. The molecule has 3 heterocycles. The van der Waals surface area contributed by atoms with E-state index in [1.165, 1.54) is 0 Å². The van der Waals surface area contributed by atoms with Gasteiger partial charge in [-0.3, -0.25) is 9.38 Å². The summed E-state index contributed by atoms with van der Waals surface area (Å²) in [5.74, 6) is -0.462. The van der Waals surface area contributed by atoms with Crippen LogP contribution in [0.15, 0.2) is 47.3 Å². The molecule has 0 bridgehead atoms. The standard InChI is InChI=1S/C13H8BrN3O2/c14-9-1-2-10-11(13(18)19)16-12(17(10)7-9)8-3-5-15-6-4-8/h1-7H,(H,18,19). The van der Waals surface area contributed by atoms with E-state index in [4.69, 9.17) is 0 Å². The lowest BCUT2D eigenvalue weighted by molar-refractivity contribution is 0.0693. The Labute approximate surface area is 116 Å². The van der Waals surface area contributed by atoms with Gasteiger partial charge in [0.1, 0.15) is 5.82 Å². The van der Waals surface area contributed by atoms with Crippen molar-refractivity contribution < 1.29 is 9.90 Å². The molecular weight excluding hydrogens is 310 g/mol. The average molecular weight is 318 g/mol. The minimum Gasteiger partial charge on any atom is -0.476 e. The van der Waals surface area contributed by atoms with Crippen LogP contribution in [0, 0.1) is 0 Å². The number of pyridine rings is 2. The molecule has 94 valence electrons. The maximum absolute atomic E-state index is 11.2. The number of carboxylic acid groups (broad SMARTS) is 1. The molecule has 0 saturated carbocycles. The Morgan fingerprint density at radius 1 is 1.21 bits per heavy atom. The Hall–Kier alpha value is -2.21. The molecule has 1 N–H and O–H groups in total. The highest BCUT2D eigenvalue weighted by molar-refractivity contribution is 9.10. The highest BCUT2D eigenvalue weighted by Gasteiger charge is 2.17. The quantitative estimate of drug-likeness (QED) is 0.789. The van der Waals surface area contributed by atoms with E-state index in [1.807, 2.05) is 0 Å². The van der Waals surface area contributed by atoms with Crippen molar-refractivity contribution in [2.24, 2.45) is 0 Å². The third kappa shape index (κ3) is 2.00. The van der Waals surface area contributed by atoms with Crippen LogP contribution < -0.4 is 0 Å². The van der Waals surface area contributed by atoms with Gasteiger partial charge in [0.2, 0.25) is 0 Å². The lowest BCUT2D eigenvalue weighted by Crippen LogP contribution is -1.97. The van der Waals surface area contributed by atoms with Crippen LogP contribution in [0.25, 0.3) is 16.9 Å². The first-order valence-electron chi connectivity index (χ1n) is 5.48. The summed E-state index contributed by atoms with van der Waals surface area (Å²) < 4.78 is 2.60. The number of nitrogens with zero attached hydrogens (tertiary/aromatic N) is 3. The van der Waals surface area contributed by atoms with Gasteiger partial charge < -0.3 is 5.11 Å². The van der Waals surface area contributed by atoms with Gasteiger partial charge in [-0.25, -0.2) is 9.78 Å². The minimum absolute atomic E-state index is 0.0410. The molecule has 0 aliphatic carbocycles. The van der Waals surface area contributed by atoms with Crippen LogP contribution in [0.3, 0.4) is 0 Å². The van der Waals surface area contributed by atoms with Gasteiger partial charge in [-0.05, 0) is 40.2 Å². The summed E-state index contributed by atoms with van der Waals surface area (Å²) in [4.78, 5) is 19.4. The molecule has 6 heteroatoms. The first-order chi connectivity index (χ1) is 9.16. The number of rotatable bonds is 2. The zero-order valence-electron chi connectivity index (χ0n) is 9.62. The zero-order valence-corrected chi connectivity index (χ0v) is 11.2. The predicted octanol–water partition coefficient (Wildman–Crippen LogP) is 2.86. The van der Waals surface area contributed by atoms with E-state index in [0.717, 1.165) is 10.0 Å². The van der Waals surface area contributed by atoms with Crippen molar-refractivity contribution in [3.05, 3.63) is 53.0 Å². The van der Waals surface area contributed by atoms with E-state index in [1.54, 1.807) is 47.3 Å². The van der Waals surface area contributed by atoms with Gasteiger partial charge in [0.25, 0.3) is 0 Å². The van der Waals surface area contributed by atoms with Crippen molar-refractivity contribution in [3.8, 4) is 11.4 Å². The Balaban J connectivity index is 2.36. The molecule has 0 atom stereocenters. The number of fused-ring (bicyclic) bond motifs is 1. The van der Waals surface area contributed by atoms with Crippen LogP contribution in [0.1, 0.15) is 10.5 Å². The molecule has 3 rings (SSSR count). The molecule has 3 aromatic heterocycles. The van der Waals surface area contributed by atoms with Crippen LogP contribution in [-0.4, -0.2) is 25.4 Å². The fourth-order valence-corrected chi connectivity index (χ4v) is 2.26. The van der Waals surface area contributed by atoms with E-state index >= 15 is 0 Å². The van der Waals surface area contributed by atoms with Crippen molar-refractivity contribution in [2.45, 2.75) is 0 Å². The van der Waals surface area contributed by atoms with E-state index in [0.29, 0.717) is 11.3 Å². The van der Waals surface area contributed by atoms with Crippen molar-refractivity contribution in [2.75, 3.05) is 0 Å². The molecule has 0 spiro atoms. The second-order valence-electron chi connectivity index (χ2n) is 3.93. The summed E-state index contributed by atoms with van der Waals surface area (Å²) in [6.07, 6.45) is 5.09. The van der Waals surface area contributed by atoms with Gasteiger partial charge in [0.15, 0.2) is 5.69 Å². The summed E-state index contributed by atoms with van der Waals surface area (Å²) in [5.41, 5.74) is 1.41. The number of hydrogen-bond acceptors (Lipinski definition) is 3. The predicted molar refractivity (Wildman–Crippen MR) is 73.1 cm³/mol. The second kappa shape index (κ2) is 4.47. The molecule has 5 nitrogen and oxygen atoms in total. The van der Waals surface area contributed by atoms with Crippen molar-refractivity contribution in [1.29, 1.82) is 0 Å². The Bertz CT molecular complexity index is 768. The minimum atomic E-state index is -1.04. The highest BCUT2D eigenvalue weighted by atomic mass is 79.9. The van der Waals surface area contributed by atoms with E-state index in [2.05, 4.69) is 25.9 Å². The molecule has 0 amide bonds. The molecule has 3 aromatic rings. The van der Waals surface area contributed by atoms with E-state index in [9.17, 15) is 9.90 Å². The lowest BCUT2D eigenvalue weighted by Gasteiger charge is -2.01. The van der Waals surface area contributed by atoms with Gasteiger partial charge in [-0.1, -0.05) is 0 Å². The molecule has 0 aliphatic rings. The Morgan fingerprint density at radius 3 is 2.63 bits per heavy atom. The lowest BCUT2D eigenvalue weighted by atomic mass is 10.2. The normalized spacial score (nSPS) is 10.8. The van der Waals surface area contributed by atoms with Gasteiger partial charge >= 0.3 is 5.97 Å². The molecule has 0 aromatic carbocycles. The van der Waals surface area contributed by atoms with E-state index < -0.39 is 5.97 Å². The summed E-state index contributed by atoms with van der Waals surface area (Å²) in [6, 6.07) is 7.10. The van der Waals surface area contributed by atoms with Crippen LogP contribution >= 0.6 is 15.9 Å². The zero-order chi connectivity index (χ0) is 13.4. The second-order valence-corrected chi connectivity index (χ2v) is 4.84. The van der Waals surface area contributed by atoms with Crippen LogP contribution in [0.4, 0.5) is 0 Å². The Kier molecular flexibility index (Phi) is 2.79. The van der Waals surface area contributed by atoms with Gasteiger partial charge in [0.05, 0.1) is 5.52 Å². The SMILES string of the molecule is O=C(O)c1nc(-c2ccncc2)n2cc(Br)ccc12. The van der Waals surface area contributed by atoms with Crippen LogP contribution in [-0.2, 0) is 0 Å². The molecule has 0 aliphatic heterocycles.